The SMILES string of the molecule is CC(C)N(C(=O)CN1CCCC(O)C1)C1CCCCC1. The summed E-state index contributed by atoms with van der Waals surface area (Å²) in [5.74, 6) is 0.251. The Hall–Kier alpha value is -0.610. The van der Waals surface area contributed by atoms with Crippen LogP contribution in [0.2, 0.25) is 0 Å². The molecule has 1 saturated carbocycles. The van der Waals surface area contributed by atoms with Crippen LogP contribution in [0.15, 0.2) is 0 Å². The third kappa shape index (κ3) is 4.19. The summed E-state index contributed by atoms with van der Waals surface area (Å²) in [6.07, 6.45) is 7.76. The number of likely N-dealkylation sites (tertiary alicyclic amines) is 1. The Labute approximate surface area is 123 Å². The van der Waals surface area contributed by atoms with Crippen molar-refractivity contribution in [3.05, 3.63) is 0 Å². The number of β-amino-alcohol motifs (C(OH)–C–C–N with tert-alkyl or cyclic N) is 1. The molecular formula is C16H30N2O2. The van der Waals surface area contributed by atoms with E-state index in [4.69, 9.17) is 0 Å². The molecule has 1 unspecified atom stereocenters. The molecule has 2 aliphatic rings. The van der Waals surface area contributed by atoms with Crippen LogP contribution in [-0.2, 0) is 4.79 Å². The number of amides is 1. The highest BCUT2D eigenvalue weighted by Crippen LogP contribution is 2.24. The first-order valence-corrected chi connectivity index (χ1v) is 8.29. The van der Waals surface area contributed by atoms with E-state index in [0.717, 1.165) is 32.2 Å². The van der Waals surface area contributed by atoms with E-state index in [2.05, 4.69) is 23.6 Å². The van der Waals surface area contributed by atoms with Gasteiger partial charge in [0.25, 0.3) is 0 Å². The van der Waals surface area contributed by atoms with Crippen molar-refractivity contribution in [1.82, 2.24) is 9.80 Å². The van der Waals surface area contributed by atoms with Crippen LogP contribution in [0.3, 0.4) is 0 Å². The van der Waals surface area contributed by atoms with Crippen molar-refractivity contribution in [1.29, 1.82) is 0 Å². The maximum atomic E-state index is 12.7. The van der Waals surface area contributed by atoms with E-state index >= 15 is 0 Å². The number of nitrogens with zero attached hydrogens (tertiary/aromatic N) is 2. The molecule has 4 heteroatoms. The standard InChI is InChI=1S/C16H30N2O2/c1-13(2)18(14-7-4-3-5-8-14)16(20)12-17-10-6-9-15(19)11-17/h13-15,19H,3-12H2,1-2H3. The van der Waals surface area contributed by atoms with Gasteiger partial charge in [0, 0.05) is 18.6 Å². The van der Waals surface area contributed by atoms with Crippen molar-refractivity contribution in [2.75, 3.05) is 19.6 Å². The van der Waals surface area contributed by atoms with E-state index in [1.54, 1.807) is 0 Å². The summed E-state index contributed by atoms with van der Waals surface area (Å²) < 4.78 is 0. The number of aliphatic hydroxyl groups is 1. The van der Waals surface area contributed by atoms with Crippen molar-refractivity contribution in [3.63, 3.8) is 0 Å². The fraction of sp³-hybridized carbons (Fsp3) is 0.938. The van der Waals surface area contributed by atoms with Crippen LogP contribution in [0, 0.1) is 0 Å². The third-order valence-electron chi connectivity index (χ3n) is 4.65. The largest absolute Gasteiger partial charge is 0.392 e. The summed E-state index contributed by atoms with van der Waals surface area (Å²) in [4.78, 5) is 16.9. The summed E-state index contributed by atoms with van der Waals surface area (Å²) >= 11 is 0. The lowest BCUT2D eigenvalue weighted by Crippen LogP contribution is -2.51. The molecule has 2 rings (SSSR count). The van der Waals surface area contributed by atoms with Gasteiger partial charge in [-0.15, -0.1) is 0 Å². The molecule has 1 N–H and O–H groups in total. The molecule has 4 nitrogen and oxygen atoms in total. The van der Waals surface area contributed by atoms with E-state index in [1.165, 1.54) is 19.3 Å². The minimum atomic E-state index is -0.251. The second-order valence-corrected chi connectivity index (χ2v) is 6.72. The quantitative estimate of drug-likeness (QED) is 0.858. The minimum absolute atomic E-state index is 0.251. The number of hydrogen-bond donors (Lipinski definition) is 1. The van der Waals surface area contributed by atoms with Crippen LogP contribution >= 0.6 is 0 Å². The zero-order chi connectivity index (χ0) is 14.5. The van der Waals surface area contributed by atoms with Gasteiger partial charge in [-0.05, 0) is 46.1 Å². The molecule has 20 heavy (non-hydrogen) atoms. The molecule has 0 aromatic heterocycles. The van der Waals surface area contributed by atoms with Gasteiger partial charge in [-0.25, -0.2) is 0 Å². The molecule has 2 fully saturated rings. The van der Waals surface area contributed by atoms with E-state index in [9.17, 15) is 9.90 Å². The zero-order valence-corrected chi connectivity index (χ0v) is 13.1. The summed E-state index contributed by atoms with van der Waals surface area (Å²) in [7, 11) is 0. The van der Waals surface area contributed by atoms with E-state index in [0.29, 0.717) is 19.1 Å². The lowest BCUT2D eigenvalue weighted by Gasteiger charge is -2.39. The van der Waals surface area contributed by atoms with Crippen molar-refractivity contribution in [3.8, 4) is 0 Å². The first-order valence-electron chi connectivity index (χ1n) is 8.29. The Kier molecular flexibility index (Phi) is 5.85. The first kappa shape index (κ1) is 15.8. The number of hydrogen-bond acceptors (Lipinski definition) is 3. The molecule has 1 amide bonds. The molecule has 1 heterocycles. The first-order chi connectivity index (χ1) is 9.58. The lowest BCUT2D eigenvalue weighted by atomic mass is 9.93. The average Bonchev–Trinajstić information content (AvgIpc) is 2.39. The molecule has 0 spiro atoms. The topological polar surface area (TPSA) is 43.8 Å². The fourth-order valence-electron chi connectivity index (χ4n) is 3.72. The van der Waals surface area contributed by atoms with Crippen LogP contribution < -0.4 is 0 Å². The molecule has 1 atom stereocenters. The van der Waals surface area contributed by atoms with Gasteiger partial charge in [-0.3, -0.25) is 9.69 Å². The van der Waals surface area contributed by atoms with Crippen molar-refractivity contribution in [2.24, 2.45) is 0 Å². The fourth-order valence-corrected chi connectivity index (χ4v) is 3.72. The van der Waals surface area contributed by atoms with Gasteiger partial charge in [-0.2, -0.15) is 0 Å². The number of rotatable bonds is 4. The van der Waals surface area contributed by atoms with Crippen LogP contribution in [0.4, 0.5) is 0 Å². The predicted molar refractivity (Wildman–Crippen MR) is 80.5 cm³/mol. The predicted octanol–water partition coefficient (Wildman–Crippen LogP) is 2.01. The van der Waals surface area contributed by atoms with Crippen LogP contribution in [-0.4, -0.2) is 58.6 Å². The lowest BCUT2D eigenvalue weighted by molar-refractivity contribution is -0.138. The van der Waals surface area contributed by atoms with Gasteiger partial charge < -0.3 is 10.0 Å². The van der Waals surface area contributed by atoms with Gasteiger partial charge in [0.1, 0.15) is 0 Å². The van der Waals surface area contributed by atoms with Crippen molar-refractivity contribution in [2.45, 2.75) is 77.0 Å². The smallest absolute Gasteiger partial charge is 0.237 e. The second kappa shape index (κ2) is 7.41. The molecule has 0 aromatic rings. The number of carbonyl (C=O) groups excluding carboxylic acids is 1. The maximum Gasteiger partial charge on any atom is 0.237 e. The normalized spacial score (nSPS) is 25.9. The Morgan fingerprint density at radius 1 is 1.20 bits per heavy atom. The molecule has 1 aliphatic carbocycles. The van der Waals surface area contributed by atoms with Crippen LogP contribution in [0.25, 0.3) is 0 Å². The molecule has 0 aromatic carbocycles. The maximum absolute atomic E-state index is 12.7. The van der Waals surface area contributed by atoms with Crippen molar-refractivity contribution >= 4 is 5.91 Å². The van der Waals surface area contributed by atoms with E-state index in [1.807, 2.05) is 0 Å². The molecule has 1 saturated heterocycles. The Balaban J connectivity index is 1.92. The van der Waals surface area contributed by atoms with E-state index in [-0.39, 0.29) is 18.1 Å². The number of aliphatic hydroxyl groups excluding tert-OH is 1. The Morgan fingerprint density at radius 2 is 1.90 bits per heavy atom. The summed E-state index contributed by atoms with van der Waals surface area (Å²) in [6.45, 7) is 6.32. The molecule has 0 bridgehead atoms. The molecule has 116 valence electrons. The highest BCUT2D eigenvalue weighted by atomic mass is 16.3. The van der Waals surface area contributed by atoms with Crippen LogP contribution in [0.5, 0.6) is 0 Å². The van der Waals surface area contributed by atoms with Gasteiger partial charge in [0.05, 0.1) is 12.6 Å². The van der Waals surface area contributed by atoms with Gasteiger partial charge in [0.15, 0.2) is 0 Å². The molecular weight excluding hydrogens is 252 g/mol. The van der Waals surface area contributed by atoms with Gasteiger partial charge in [0.2, 0.25) is 5.91 Å². The number of carbonyl (C=O) groups is 1. The third-order valence-corrected chi connectivity index (χ3v) is 4.65. The molecule has 0 radical (unpaired) electrons. The highest BCUT2D eigenvalue weighted by molar-refractivity contribution is 5.79. The zero-order valence-electron chi connectivity index (χ0n) is 13.1. The molecule has 1 aliphatic heterocycles. The average molecular weight is 282 g/mol. The minimum Gasteiger partial charge on any atom is -0.392 e. The Bertz CT molecular complexity index is 314. The van der Waals surface area contributed by atoms with Crippen molar-refractivity contribution < 1.29 is 9.90 Å². The monoisotopic (exact) mass is 282 g/mol. The van der Waals surface area contributed by atoms with Gasteiger partial charge >= 0.3 is 0 Å². The summed E-state index contributed by atoms with van der Waals surface area (Å²) in [6, 6.07) is 0.714. The Morgan fingerprint density at radius 3 is 2.50 bits per heavy atom. The van der Waals surface area contributed by atoms with Crippen LogP contribution in [0.1, 0.15) is 58.8 Å². The van der Waals surface area contributed by atoms with E-state index < -0.39 is 0 Å². The second-order valence-electron chi connectivity index (χ2n) is 6.72. The number of piperidine rings is 1. The summed E-state index contributed by atoms with van der Waals surface area (Å²) in [5.41, 5.74) is 0. The summed E-state index contributed by atoms with van der Waals surface area (Å²) in [5, 5.41) is 9.72. The highest BCUT2D eigenvalue weighted by Gasteiger charge is 2.29. The van der Waals surface area contributed by atoms with Gasteiger partial charge in [-0.1, -0.05) is 19.3 Å².